The number of benzene rings is 2. The second-order valence-corrected chi connectivity index (χ2v) is 7.91. The van der Waals surface area contributed by atoms with Crippen LogP contribution in [0.3, 0.4) is 0 Å². The van der Waals surface area contributed by atoms with Gasteiger partial charge in [0.25, 0.3) is 5.91 Å². The van der Waals surface area contributed by atoms with Crippen molar-refractivity contribution >= 4 is 23.9 Å². The van der Waals surface area contributed by atoms with Crippen molar-refractivity contribution < 1.29 is 24.2 Å². The summed E-state index contributed by atoms with van der Waals surface area (Å²) >= 11 is 0. The van der Waals surface area contributed by atoms with Gasteiger partial charge in [-0.15, -0.1) is 0 Å². The molecule has 174 valence electrons. The van der Waals surface area contributed by atoms with Gasteiger partial charge < -0.3 is 30.6 Å². The van der Waals surface area contributed by atoms with Crippen molar-refractivity contribution in [3.05, 3.63) is 65.2 Å². The third-order valence-electron chi connectivity index (χ3n) is 5.59. The molecule has 0 unspecified atom stereocenters. The minimum absolute atomic E-state index is 0.0422. The van der Waals surface area contributed by atoms with Crippen LogP contribution in [0, 0.1) is 5.41 Å². The summed E-state index contributed by atoms with van der Waals surface area (Å²) in [7, 11) is 0. The van der Waals surface area contributed by atoms with Crippen molar-refractivity contribution in [1.29, 1.82) is 5.41 Å². The molecule has 1 heterocycles. The summed E-state index contributed by atoms with van der Waals surface area (Å²) in [6, 6.07) is 12.0. The Morgan fingerprint density at radius 1 is 1.12 bits per heavy atom. The number of nitrogens with one attached hydrogen (secondary N) is 2. The highest BCUT2D eigenvalue weighted by Gasteiger charge is 2.30. The Bertz CT molecular complexity index is 983. The van der Waals surface area contributed by atoms with Crippen LogP contribution in [0.2, 0.25) is 0 Å². The van der Waals surface area contributed by atoms with Crippen molar-refractivity contribution in [2.45, 2.75) is 31.4 Å². The van der Waals surface area contributed by atoms with Gasteiger partial charge in [0, 0.05) is 30.6 Å². The first-order valence-electron chi connectivity index (χ1n) is 10.7. The van der Waals surface area contributed by atoms with E-state index < -0.39 is 11.9 Å². The number of phenols is 1. The number of likely N-dealkylation sites (tertiary alicyclic amines) is 1. The molecule has 2 aromatic rings. The maximum absolute atomic E-state index is 13.3. The number of rotatable bonds is 9. The molecular weight excluding hydrogens is 424 g/mol. The zero-order valence-corrected chi connectivity index (χ0v) is 18.2. The Hall–Kier alpha value is -3.72. The highest BCUT2D eigenvalue weighted by atomic mass is 16.5. The summed E-state index contributed by atoms with van der Waals surface area (Å²) in [6.07, 6.45) is 2.14. The molecule has 33 heavy (non-hydrogen) atoms. The molecule has 0 saturated carbocycles. The number of amides is 2. The SMILES string of the molecule is N=C(N)c1ccc(C(=O)N[C@@H](Cc2ccc(O)cc2)C(=O)N2CCC(OCC=O)CC2)cc1. The number of nitrogens with two attached hydrogens (primary N) is 1. The summed E-state index contributed by atoms with van der Waals surface area (Å²) in [5.74, 6) is -0.589. The van der Waals surface area contributed by atoms with Crippen LogP contribution < -0.4 is 11.1 Å². The third-order valence-corrected chi connectivity index (χ3v) is 5.59. The van der Waals surface area contributed by atoms with Crippen LogP contribution in [0.4, 0.5) is 0 Å². The van der Waals surface area contributed by atoms with Crippen molar-refractivity contribution in [2.75, 3.05) is 19.7 Å². The minimum atomic E-state index is -0.804. The molecule has 0 aromatic heterocycles. The van der Waals surface area contributed by atoms with Gasteiger partial charge >= 0.3 is 0 Å². The van der Waals surface area contributed by atoms with Gasteiger partial charge in [0.15, 0.2) is 0 Å². The summed E-state index contributed by atoms with van der Waals surface area (Å²) in [5, 5.41) is 19.8. The van der Waals surface area contributed by atoms with E-state index in [2.05, 4.69) is 5.32 Å². The van der Waals surface area contributed by atoms with Crippen LogP contribution >= 0.6 is 0 Å². The fourth-order valence-electron chi connectivity index (χ4n) is 3.75. The molecule has 9 heteroatoms. The van der Waals surface area contributed by atoms with Crippen LogP contribution in [0.5, 0.6) is 5.75 Å². The number of hydrogen-bond acceptors (Lipinski definition) is 6. The quantitative estimate of drug-likeness (QED) is 0.256. The molecule has 0 bridgehead atoms. The molecule has 2 amide bonds. The van der Waals surface area contributed by atoms with E-state index >= 15 is 0 Å². The Kier molecular flexibility index (Phi) is 8.15. The predicted octanol–water partition coefficient (Wildman–Crippen LogP) is 1.22. The summed E-state index contributed by atoms with van der Waals surface area (Å²) in [6.45, 7) is 0.982. The lowest BCUT2D eigenvalue weighted by molar-refractivity contribution is -0.136. The van der Waals surface area contributed by atoms with Gasteiger partial charge in [-0.05, 0) is 42.7 Å². The summed E-state index contributed by atoms with van der Waals surface area (Å²) < 4.78 is 5.45. The number of aromatic hydroxyl groups is 1. The van der Waals surface area contributed by atoms with Crippen molar-refractivity contribution in [3.63, 3.8) is 0 Å². The zero-order chi connectivity index (χ0) is 23.8. The standard InChI is InChI=1S/C24H28N4O5/c25-22(26)17-3-5-18(6-4-17)23(31)27-21(15-16-1-7-19(30)8-2-16)24(32)28-11-9-20(10-12-28)33-14-13-29/h1-8,13,20-21,30H,9-12,14-15H2,(H3,25,26)(H,27,31)/t21-/m0/s1. The molecule has 0 spiro atoms. The van der Waals surface area contributed by atoms with Gasteiger partial charge in [-0.1, -0.05) is 24.3 Å². The third kappa shape index (κ3) is 6.63. The predicted molar refractivity (Wildman–Crippen MR) is 122 cm³/mol. The molecular formula is C24H28N4O5. The Labute approximate surface area is 192 Å². The van der Waals surface area contributed by atoms with E-state index in [4.69, 9.17) is 15.9 Å². The van der Waals surface area contributed by atoms with Crippen molar-refractivity contribution in [2.24, 2.45) is 5.73 Å². The number of hydrogen-bond donors (Lipinski definition) is 4. The van der Waals surface area contributed by atoms with Gasteiger partial charge in [0.05, 0.1) is 6.10 Å². The van der Waals surface area contributed by atoms with E-state index in [1.54, 1.807) is 41.3 Å². The number of nitrogen functional groups attached to an aromatic ring is 1. The van der Waals surface area contributed by atoms with E-state index in [-0.39, 0.29) is 36.6 Å². The van der Waals surface area contributed by atoms with E-state index in [0.717, 1.165) is 5.56 Å². The largest absolute Gasteiger partial charge is 0.508 e. The molecule has 1 aliphatic heterocycles. The van der Waals surface area contributed by atoms with Gasteiger partial charge in [-0.2, -0.15) is 0 Å². The number of phenolic OH excluding ortho intramolecular Hbond substituents is 1. The number of piperidine rings is 1. The van der Waals surface area contributed by atoms with Gasteiger partial charge in [0.1, 0.15) is 30.5 Å². The first-order chi connectivity index (χ1) is 15.9. The van der Waals surface area contributed by atoms with Crippen molar-refractivity contribution in [3.8, 4) is 5.75 Å². The lowest BCUT2D eigenvalue weighted by Gasteiger charge is -2.34. The number of nitrogens with zero attached hydrogens (tertiary/aromatic N) is 1. The van der Waals surface area contributed by atoms with Crippen LogP contribution in [0.15, 0.2) is 48.5 Å². The molecule has 1 aliphatic rings. The van der Waals surface area contributed by atoms with E-state index in [1.807, 2.05) is 0 Å². The molecule has 1 saturated heterocycles. The monoisotopic (exact) mass is 452 g/mol. The first-order valence-corrected chi connectivity index (χ1v) is 10.7. The summed E-state index contributed by atoms with van der Waals surface area (Å²) in [4.78, 5) is 38.4. The van der Waals surface area contributed by atoms with Crippen molar-refractivity contribution in [1.82, 2.24) is 10.2 Å². The van der Waals surface area contributed by atoms with Gasteiger partial charge in [-0.25, -0.2) is 0 Å². The number of carbonyl (C=O) groups is 3. The Morgan fingerprint density at radius 3 is 2.30 bits per heavy atom. The van der Waals surface area contributed by atoms with E-state index in [0.29, 0.717) is 43.3 Å². The number of carbonyl (C=O) groups excluding carboxylic acids is 3. The highest BCUT2D eigenvalue weighted by molar-refractivity contribution is 5.99. The van der Waals surface area contributed by atoms with Crippen LogP contribution in [-0.4, -0.2) is 65.8 Å². The molecule has 1 fully saturated rings. The first kappa shape index (κ1) is 23.9. The maximum Gasteiger partial charge on any atom is 0.251 e. The highest BCUT2D eigenvalue weighted by Crippen LogP contribution is 2.17. The molecule has 2 aromatic carbocycles. The molecule has 3 rings (SSSR count). The lowest BCUT2D eigenvalue weighted by atomic mass is 10.0. The second-order valence-electron chi connectivity index (χ2n) is 7.91. The fourth-order valence-corrected chi connectivity index (χ4v) is 3.75. The van der Waals surface area contributed by atoms with Crippen LogP contribution in [0.1, 0.15) is 34.3 Å². The number of amidine groups is 1. The topological polar surface area (TPSA) is 146 Å². The average Bonchev–Trinajstić information content (AvgIpc) is 2.83. The Morgan fingerprint density at radius 2 is 1.73 bits per heavy atom. The fraction of sp³-hybridized carbons (Fsp3) is 0.333. The second kappa shape index (κ2) is 11.2. The molecule has 5 N–H and O–H groups in total. The number of aldehydes is 1. The normalized spacial score (nSPS) is 15.0. The average molecular weight is 453 g/mol. The minimum Gasteiger partial charge on any atom is -0.508 e. The maximum atomic E-state index is 13.3. The molecule has 0 aliphatic carbocycles. The van der Waals surface area contributed by atoms with Crippen LogP contribution in [0.25, 0.3) is 0 Å². The molecule has 1 atom stereocenters. The number of ether oxygens (including phenoxy) is 1. The van der Waals surface area contributed by atoms with Crippen LogP contribution in [-0.2, 0) is 20.7 Å². The zero-order valence-electron chi connectivity index (χ0n) is 18.2. The van der Waals surface area contributed by atoms with E-state index in [9.17, 15) is 19.5 Å². The molecule has 0 radical (unpaired) electrons. The van der Waals surface area contributed by atoms with E-state index in [1.165, 1.54) is 12.1 Å². The summed E-state index contributed by atoms with van der Waals surface area (Å²) in [5.41, 5.74) is 7.11. The molecule has 9 nitrogen and oxygen atoms in total. The lowest BCUT2D eigenvalue weighted by Crippen LogP contribution is -2.52. The van der Waals surface area contributed by atoms with Gasteiger partial charge in [0.2, 0.25) is 5.91 Å². The smallest absolute Gasteiger partial charge is 0.251 e. The van der Waals surface area contributed by atoms with Gasteiger partial charge in [-0.3, -0.25) is 15.0 Å². The Balaban J connectivity index is 1.72.